The molecule has 0 fully saturated rings. The molecule has 0 unspecified atom stereocenters. The molecule has 1 heterocycles. The van der Waals surface area contributed by atoms with Gasteiger partial charge in [0.05, 0.1) is 17.1 Å². The quantitative estimate of drug-likeness (QED) is 0.311. The number of thioether (sulfide) groups is 1. The van der Waals surface area contributed by atoms with Gasteiger partial charge in [-0.3, -0.25) is 14.5 Å². The van der Waals surface area contributed by atoms with Crippen LogP contribution in [0.5, 0.6) is 5.75 Å². The molecule has 164 valence electrons. The van der Waals surface area contributed by atoms with Crippen LogP contribution >= 0.6 is 11.8 Å². The lowest BCUT2D eigenvalue weighted by Gasteiger charge is -2.15. The van der Waals surface area contributed by atoms with E-state index < -0.39 is 0 Å². The van der Waals surface area contributed by atoms with Crippen LogP contribution in [0.1, 0.15) is 52.0 Å². The van der Waals surface area contributed by atoms with Crippen molar-refractivity contribution in [3.8, 4) is 5.75 Å². The highest BCUT2D eigenvalue weighted by Crippen LogP contribution is 2.40. The van der Waals surface area contributed by atoms with Gasteiger partial charge < -0.3 is 4.74 Å². The summed E-state index contributed by atoms with van der Waals surface area (Å²) in [5.41, 5.74) is 1.24. The van der Waals surface area contributed by atoms with E-state index in [-0.39, 0.29) is 11.8 Å². The first-order chi connectivity index (χ1) is 15.0. The normalized spacial score (nSPS) is 14.1. The Bertz CT molecular complexity index is 919. The van der Waals surface area contributed by atoms with Crippen LogP contribution in [0.15, 0.2) is 64.4 Å². The van der Waals surface area contributed by atoms with E-state index in [9.17, 15) is 9.59 Å². The van der Waals surface area contributed by atoms with E-state index in [0.29, 0.717) is 29.5 Å². The van der Waals surface area contributed by atoms with Crippen molar-refractivity contribution in [1.82, 2.24) is 4.90 Å². The van der Waals surface area contributed by atoms with Gasteiger partial charge in [0.15, 0.2) is 0 Å². The van der Waals surface area contributed by atoms with Crippen molar-refractivity contribution in [1.29, 1.82) is 0 Å². The fourth-order valence-electron chi connectivity index (χ4n) is 3.39. The molecule has 0 aromatic heterocycles. The maximum Gasteiger partial charge on any atom is 0.268 e. The van der Waals surface area contributed by atoms with Crippen LogP contribution in [-0.4, -0.2) is 29.9 Å². The first-order valence-electron chi connectivity index (χ1n) is 11.1. The van der Waals surface area contributed by atoms with Gasteiger partial charge in [-0.1, -0.05) is 82.1 Å². The molecule has 3 rings (SSSR count). The molecular formula is C26H31NO3S. The number of rotatable bonds is 11. The molecule has 0 atom stereocenters. The van der Waals surface area contributed by atoms with E-state index >= 15 is 0 Å². The van der Waals surface area contributed by atoms with Crippen LogP contribution in [0.3, 0.4) is 0 Å². The Morgan fingerprint density at radius 3 is 2.26 bits per heavy atom. The number of hydrogen-bond donors (Lipinski definition) is 0. The molecule has 0 radical (unpaired) electrons. The number of benzene rings is 2. The van der Waals surface area contributed by atoms with E-state index in [1.54, 1.807) is 0 Å². The van der Waals surface area contributed by atoms with Crippen LogP contribution in [-0.2, 0) is 9.59 Å². The first-order valence-corrected chi connectivity index (χ1v) is 11.9. The van der Waals surface area contributed by atoms with Crippen molar-refractivity contribution in [2.24, 2.45) is 5.92 Å². The van der Waals surface area contributed by atoms with E-state index in [4.69, 9.17) is 4.74 Å². The zero-order valence-electron chi connectivity index (χ0n) is 18.6. The van der Waals surface area contributed by atoms with E-state index in [1.165, 1.54) is 16.7 Å². The standard InChI is InChI=1S/C26H31NO3S/c1-4-5-6-10-17-27-25(28)23(20-13-15-21(16-14-20)30-18-19(2)3)24(26(27)29)31-22-11-8-7-9-12-22/h7-9,11-16,19H,4-6,10,17-18H2,1-3H3. The summed E-state index contributed by atoms with van der Waals surface area (Å²) in [6.07, 6.45) is 4.08. The number of hydrogen-bond acceptors (Lipinski definition) is 4. The minimum atomic E-state index is -0.198. The maximum absolute atomic E-state index is 13.3. The molecular weight excluding hydrogens is 406 g/mol. The number of amides is 2. The fourth-order valence-corrected chi connectivity index (χ4v) is 4.42. The lowest BCUT2D eigenvalue weighted by molar-refractivity contribution is -0.136. The molecule has 1 aliphatic rings. The summed E-state index contributed by atoms with van der Waals surface area (Å²) < 4.78 is 5.77. The summed E-state index contributed by atoms with van der Waals surface area (Å²) in [6.45, 7) is 7.46. The van der Waals surface area contributed by atoms with Gasteiger partial charge in [0.2, 0.25) is 0 Å². The topological polar surface area (TPSA) is 46.6 Å². The molecule has 0 saturated heterocycles. The van der Waals surface area contributed by atoms with Gasteiger partial charge in [-0.2, -0.15) is 0 Å². The Hall–Kier alpha value is -2.53. The lowest BCUT2D eigenvalue weighted by Crippen LogP contribution is -2.32. The van der Waals surface area contributed by atoms with Crippen molar-refractivity contribution in [2.45, 2.75) is 51.3 Å². The average Bonchev–Trinajstić information content (AvgIpc) is 3.00. The first kappa shape index (κ1) is 23.1. The number of carbonyl (C=O) groups is 2. The fraction of sp³-hybridized carbons (Fsp3) is 0.385. The van der Waals surface area contributed by atoms with Crippen molar-refractivity contribution >= 4 is 29.1 Å². The Morgan fingerprint density at radius 2 is 1.61 bits per heavy atom. The molecule has 2 amide bonds. The third kappa shape index (κ3) is 6.01. The number of nitrogens with zero attached hydrogens (tertiary/aromatic N) is 1. The predicted molar refractivity (Wildman–Crippen MR) is 127 cm³/mol. The Balaban J connectivity index is 1.87. The molecule has 0 saturated carbocycles. The summed E-state index contributed by atoms with van der Waals surface area (Å²) in [4.78, 5) is 29.4. The van der Waals surface area contributed by atoms with Gasteiger partial charge in [-0.15, -0.1) is 0 Å². The minimum absolute atomic E-state index is 0.189. The summed E-state index contributed by atoms with van der Waals surface area (Å²) in [7, 11) is 0. The predicted octanol–water partition coefficient (Wildman–Crippen LogP) is 6.17. The molecule has 2 aromatic rings. The number of unbranched alkanes of at least 4 members (excludes halogenated alkanes) is 3. The van der Waals surface area contributed by atoms with Gasteiger partial charge in [-0.25, -0.2) is 0 Å². The monoisotopic (exact) mass is 437 g/mol. The minimum Gasteiger partial charge on any atom is -0.493 e. The third-order valence-electron chi connectivity index (χ3n) is 5.05. The summed E-state index contributed by atoms with van der Waals surface area (Å²) in [5.74, 6) is 0.816. The second-order valence-electron chi connectivity index (χ2n) is 8.17. The van der Waals surface area contributed by atoms with Crippen LogP contribution in [0, 0.1) is 5.92 Å². The van der Waals surface area contributed by atoms with Crippen LogP contribution in [0.4, 0.5) is 0 Å². The highest BCUT2D eigenvalue weighted by Gasteiger charge is 2.39. The molecule has 0 aliphatic carbocycles. The number of ether oxygens (including phenoxy) is 1. The Kier molecular flexibility index (Phi) is 8.35. The molecule has 1 aliphatic heterocycles. The van der Waals surface area contributed by atoms with Crippen molar-refractivity contribution in [3.63, 3.8) is 0 Å². The van der Waals surface area contributed by atoms with Gasteiger partial charge in [0.25, 0.3) is 11.8 Å². The Labute approximate surface area is 189 Å². The van der Waals surface area contributed by atoms with Crippen LogP contribution < -0.4 is 4.74 Å². The van der Waals surface area contributed by atoms with Gasteiger partial charge >= 0.3 is 0 Å². The molecule has 0 spiro atoms. The summed E-state index contributed by atoms with van der Waals surface area (Å²) in [5, 5.41) is 0. The third-order valence-corrected chi connectivity index (χ3v) is 6.14. The van der Waals surface area contributed by atoms with E-state index in [2.05, 4.69) is 20.8 Å². The molecule has 0 N–H and O–H groups in total. The maximum atomic E-state index is 13.3. The van der Waals surface area contributed by atoms with Gasteiger partial charge in [0.1, 0.15) is 5.75 Å². The molecule has 5 heteroatoms. The second-order valence-corrected chi connectivity index (χ2v) is 9.25. The molecule has 31 heavy (non-hydrogen) atoms. The number of carbonyl (C=O) groups excluding carboxylic acids is 2. The van der Waals surface area contributed by atoms with Crippen molar-refractivity contribution in [3.05, 3.63) is 65.1 Å². The zero-order chi connectivity index (χ0) is 22.2. The lowest BCUT2D eigenvalue weighted by atomic mass is 10.1. The smallest absolute Gasteiger partial charge is 0.268 e. The highest BCUT2D eigenvalue weighted by atomic mass is 32.2. The van der Waals surface area contributed by atoms with Gasteiger partial charge in [0, 0.05) is 11.4 Å². The Morgan fingerprint density at radius 1 is 0.903 bits per heavy atom. The van der Waals surface area contributed by atoms with E-state index in [1.807, 2.05) is 54.6 Å². The van der Waals surface area contributed by atoms with Crippen molar-refractivity contribution < 1.29 is 14.3 Å². The van der Waals surface area contributed by atoms with Crippen LogP contribution in [0.2, 0.25) is 0 Å². The molecule has 2 aromatic carbocycles. The summed E-state index contributed by atoms with van der Waals surface area (Å²) >= 11 is 1.37. The highest BCUT2D eigenvalue weighted by molar-refractivity contribution is 8.04. The summed E-state index contributed by atoms with van der Waals surface area (Å²) in [6, 6.07) is 17.2. The largest absolute Gasteiger partial charge is 0.493 e. The molecule has 0 bridgehead atoms. The average molecular weight is 438 g/mol. The van der Waals surface area contributed by atoms with Crippen molar-refractivity contribution in [2.75, 3.05) is 13.2 Å². The SMILES string of the molecule is CCCCCCN1C(=O)C(Sc2ccccc2)=C(c2ccc(OCC(C)C)cc2)C1=O. The zero-order valence-corrected chi connectivity index (χ0v) is 19.4. The number of imide groups is 1. The second kappa shape index (κ2) is 11.2. The molecule has 4 nitrogen and oxygen atoms in total. The van der Waals surface area contributed by atoms with Gasteiger partial charge in [-0.05, 0) is 42.2 Å². The van der Waals surface area contributed by atoms with E-state index in [0.717, 1.165) is 41.9 Å². The van der Waals surface area contributed by atoms with Crippen LogP contribution in [0.25, 0.3) is 5.57 Å².